The molecule has 0 spiro atoms. The second-order valence-electron chi connectivity index (χ2n) is 8.41. The first-order valence-electron chi connectivity index (χ1n) is 8.20. The molecule has 2 rings (SSSR count). The highest BCUT2D eigenvalue weighted by atomic mass is 16.5. The third kappa shape index (κ3) is 2.45. The maximum absolute atomic E-state index is 11.8. The van der Waals surface area contributed by atoms with Crippen molar-refractivity contribution in [2.24, 2.45) is 22.7 Å². The van der Waals surface area contributed by atoms with Gasteiger partial charge in [0.15, 0.2) is 0 Å². The number of fused-ring (bicyclic) bond motifs is 1. The van der Waals surface area contributed by atoms with Gasteiger partial charge in [-0.05, 0) is 56.3 Å². The number of methoxy groups -OCH3 is 1. The molecule has 2 saturated carbocycles. The van der Waals surface area contributed by atoms with Gasteiger partial charge in [0.05, 0.1) is 5.60 Å². The number of ether oxygens (including phenoxy) is 1. The fourth-order valence-corrected chi connectivity index (χ4v) is 5.59. The summed E-state index contributed by atoms with van der Waals surface area (Å²) in [5.74, 6) is 1.38. The molecule has 0 bridgehead atoms. The molecule has 0 aromatic heterocycles. The van der Waals surface area contributed by atoms with Crippen molar-refractivity contribution in [1.29, 1.82) is 0 Å². The lowest BCUT2D eigenvalue weighted by Crippen LogP contribution is -2.58. The Kier molecular flexibility index (Phi) is 4.10. The Hall–Kier alpha value is -0.370. The molecule has 0 aromatic rings. The van der Waals surface area contributed by atoms with Crippen molar-refractivity contribution in [3.63, 3.8) is 0 Å². The van der Waals surface area contributed by atoms with E-state index in [0.717, 1.165) is 12.3 Å². The van der Waals surface area contributed by atoms with Gasteiger partial charge in [-0.15, -0.1) is 0 Å². The lowest BCUT2D eigenvalue weighted by atomic mass is 9.45. The Morgan fingerprint density at radius 2 is 1.80 bits per heavy atom. The normalized spacial score (nSPS) is 43.9. The zero-order valence-electron chi connectivity index (χ0n) is 14.2. The van der Waals surface area contributed by atoms with E-state index >= 15 is 0 Å². The Balaban J connectivity index is 2.41. The fraction of sp³-hybridized carbons (Fsp3) is 0.944. The highest BCUT2D eigenvalue weighted by Crippen LogP contribution is 2.63. The van der Waals surface area contributed by atoms with E-state index in [0.29, 0.717) is 23.5 Å². The molecule has 2 fully saturated rings. The van der Waals surface area contributed by atoms with Crippen LogP contribution < -0.4 is 0 Å². The van der Waals surface area contributed by atoms with E-state index in [1.165, 1.54) is 25.7 Å². The summed E-state index contributed by atoms with van der Waals surface area (Å²) in [5.41, 5.74) is 0.512. The molecule has 0 amide bonds. The van der Waals surface area contributed by atoms with Gasteiger partial charge in [0, 0.05) is 19.4 Å². The van der Waals surface area contributed by atoms with Crippen LogP contribution in [0.5, 0.6) is 0 Å². The van der Waals surface area contributed by atoms with Crippen molar-refractivity contribution < 1.29 is 9.53 Å². The second-order valence-corrected chi connectivity index (χ2v) is 8.41. The molecule has 2 nitrogen and oxygen atoms in total. The fourth-order valence-electron chi connectivity index (χ4n) is 5.59. The van der Waals surface area contributed by atoms with Crippen LogP contribution in [0.4, 0.5) is 0 Å². The summed E-state index contributed by atoms with van der Waals surface area (Å²) >= 11 is 0. The summed E-state index contributed by atoms with van der Waals surface area (Å²) < 4.78 is 5.92. The van der Waals surface area contributed by atoms with Gasteiger partial charge >= 0.3 is 0 Å². The number of hydrogen-bond acceptors (Lipinski definition) is 2. The number of hydrogen-bond donors (Lipinski definition) is 0. The Labute approximate surface area is 124 Å². The minimum atomic E-state index is -0.135. The molecule has 2 aliphatic carbocycles. The predicted molar refractivity (Wildman–Crippen MR) is 82.7 cm³/mol. The lowest BCUT2D eigenvalue weighted by molar-refractivity contribution is -0.183. The first-order valence-corrected chi connectivity index (χ1v) is 8.20. The van der Waals surface area contributed by atoms with Crippen molar-refractivity contribution in [2.75, 3.05) is 7.11 Å². The highest BCUT2D eigenvalue weighted by Gasteiger charge is 2.58. The van der Waals surface area contributed by atoms with Crippen molar-refractivity contribution in [2.45, 2.75) is 78.7 Å². The topological polar surface area (TPSA) is 26.3 Å². The maximum atomic E-state index is 11.8. The molecule has 0 unspecified atom stereocenters. The summed E-state index contributed by atoms with van der Waals surface area (Å²) in [6, 6.07) is 0. The molecular weight excluding hydrogens is 248 g/mol. The molecule has 0 heterocycles. The molecule has 0 aromatic carbocycles. The van der Waals surface area contributed by atoms with Gasteiger partial charge in [0.1, 0.15) is 5.78 Å². The Morgan fingerprint density at radius 3 is 2.35 bits per heavy atom. The number of carbonyl (C=O) groups excluding carboxylic acids is 1. The van der Waals surface area contributed by atoms with E-state index in [1.807, 2.05) is 7.11 Å². The van der Waals surface area contributed by atoms with E-state index < -0.39 is 0 Å². The number of rotatable bonds is 3. The van der Waals surface area contributed by atoms with Gasteiger partial charge in [0.25, 0.3) is 0 Å². The molecule has 20 heavy (non-hydrogen) atoms. The minimum absolute atomic E-state index is 0.135. The average Bonchev–Trinajstić information content (AvgIpc) is 2.33. The van der Waals surface area contributed by atoms with E-state index in [-0.39, 0.29) is 11.0 Å². The van der Waals surface area contributed by atoms with Gasteiger partial charge in [-0.1, -0.05) is 27.2 Å². The van der Waals surface area contributed by atoms with Crippen LogP contribution in [0.25, 0.3) is 0 Å². The molecule has 0 radical (unpaired) electrons. The summed E-state index contributed by atoms with van der Waals surface area (Å²) in [4.78, 5) is 11.8. The van der Waals surface area contributed by atoms with Gasteiger partial charge in [0.2, 0.25) is 0 Å². The summed E-state index contributed by atoms with van der Waals surface area (Å²) in [6.45, 7) is 11.2. The van der Waals surface area contributed by atoms with Crippen LogP contribution in [-0.2, 0) is 9.53 Å². The van der Waals surface area contributed by atoms with Crippen LogP contribution in [-0.4, -0.2) is 18.5 Å². The van der Waals surface area contributed by atoms with Gasteiger partial charge in [-0.25, -0.2) is 0 Å². The van der Waals surface area contributed by atoms with Crippen molar-refractivity contribution in [1.82, 2.24) is 0 Å². The molecule has 4 atom stereocenters. The van der Waals surface area contributed by atoms with Crippen molar-refractivity contribution in [3.05, 3.63) is 0 Å². The van der Waals surface area contributed by atoms with Crippen LogP contribution in [0.1, 0.15) is 73.1 Å². The third-order valence-corrected chi connectivity index (χ3v) is 6.70. The van der Waals surface area contributed by atoms with E-state index in [4.69, 9.17) is 4.74 Å². The number of ketones is 1. The second kappa shape index (κ2) is 5.12. The average molecular weight is 280 g/mol. The smallest absolute Gasteiger partial charge is 0.130 e. The SMILES string of the molecule is CO[C@]1(C)CC[C@H]2C(C)(C)CCC[C@]2(C)[C@H]1CC(C)=O. The first kappa shape index (κ1) is 16.0. The van der Waals surface area contributed by atoms with E-state index in [9.17, 15) is 4.79 Å². The standard InChI is InChI=1S/C18H32O2/c1-13(19)12-15-17(4)10-7-9-16(2,3)14(17)8-11-18(15,5)20-6/h14-15H,7-12H2,1-6H3/t14-,15+,17-,18+/m0/s1. The summed E-state index contributed by atoms with van der Waals surface area (Å²) in [6.07, 6.45) is 6.86. The van der Waals surface area contributed by atoms with E-state index in [1.54, 1.807) is 6.92 Å². The number of carbonyl (C=O) groups is 1. The number of Topliss-reactive ketones (excluding diaryl/α,β-unsaturated/α-hetero) is 1. The molecule has 0 aliphatic heterocycles. The van der Waals surface area contributed by atoms with Crippen LogP contribution in [0, 0.1) is 22.7 Å². The van der Waals surface area contributed by atoms with Crippen molar-refractivity contribution in [3.8, 4) is 0 Å². The largest absolute Gasteiger partial charge is 0.378 e. The van der Waals surface area contributed by atoms with Crippen LogP contribution in [0.2, 0.25) is 0 Å². The lowest BCUT2D eigenvalue weighted by Gasteiger charge is -2.62. The van der Waals surface area contributed by atoms with Crippen LogP contribution >= 0.6 is 0 Å². The van der Waals surface area contributed by atoms with Crippen LogP contribution in [0.3, 0.4) is 0 Å². The van der Waals surface area contributed by atoms with Crippen molar-refractivity contribution >= 4 is 5.78 Å². The maximum Gasteiger partial charge on any atom is 0.130 e. The Morgan fingerprint density at radius 1 is 1.15 bits per heavy atom. The molecule has 2 aliphatic rings. The third-order valence-electron chi connectivity index (χ3n) is 6.70. The van der Waals surface area contributed by atoms with Gasteiger partial charge in [-0.3, -0.25) is 0 Å². The molecule has 116 valence electrons. The first-order chi connectivity index (χ1) is 9.16. The van der Waals surface area contributed by atoms with Gasteiger partial charge in [-0.2, -0.15) is 0 Å². The molecular formula is C18H32O2. The summed E-state index contributed by atoms with van der Waals surface area (Å²) in [7, 11) is 1.82. The highest BCUT2D eigenvalue weighted by molar-refractivity contribution is 5.76. The molecule has 2 heteroatoms. The predicted octanol–water partition coefficient (Wildman–Crippen LogP) is 4.61. The van der Waals surface area contributed by atoms with Crippen LogP contribution in [0.15, 0.2) is 0 Å². The minimum Gasteiger partial charge on any atom is -0.378 e. The monoisotopic (exact) mass is 280 g/mol. The summed E-state index contributed by atoms with van der Waals surface area (Å²) in [5, 5.41) is 0. The van der Waals surface area contributed by atoms with Gasteiger partial charge < -0.3 is 9.53 Å². The Bertz CT molecular complexity index is 387. The van der Waals surface area contributed by atoms with E-state index in [2.05, 4.69) is 27.7 Å². The molecule has 0 saturated heterocycles. The zero-order valence-corrected chi connectivity index (χ0v) is 14.2. The molecule has 0 N–H and O–H groups in total. The quantitative estimate of drug-likeness (QED) is 0.754. The zero-order chi connectivity index (χ0) is 15.2.